The minimum atomic E-state index is 0.0269. The van der Waals surface area contributed by atoms with E-state index in [0.717, 1.165) is 30.1 Å². The van der Waals surface area contributed by atoms with E-state index in [9.17, 15) is 0 Å². The standard InChI is InChI=1S/C17H24ClN3/c1-12-8-16(2,3)10-17(9-12)11-20-15(19)21(17)14-6-4-13(18)5-7-14/h4-7,12H,8-11H2,1-3H3,(H2,19,20). The molecule has 2 unspecified atom stereocenters. The van der Waals surface area contributed by atoms with Crippen molar-refractivity contribution < 1.29 is 0 Å². The van der Waals surface area contributed by atoms with Gasteiger partial charge in [-0.2, -0.15) is 0 Å². The average molecular weight is 306 g/mol. The highest BCUT2D eigenvalue weighted by Crippen LogP contribution is 2.49. The van der Waals surface area contributed by atoms with Crippen molar-refractivity contribution in [3.63, 3.8) is 0 Å². The van der Waals surface area contributed by atoms with Gasteiger partial charge in [0, 0.05) is 10.7 Å². The lowest BCUT2D eigenvalue weighted by Crippen LogP contribution is -2.57. The molecule has 0 bridgehead atoms. The summed E-state index contributed by atoms with van der Waals surface area (Å²) in [6, 6.07) is 7.94. The van der Waals surface area contributed by atoms with Crippen LogP contribution in [-0.4, -0.2) is 18.0 Å². The van der Waals surface area contributed by atoms with Gasteiger partial charge in [0.25, 0.3) is 0 Å². The van der Waals surface area contributed by atoms with Crippen molar-refractivity contribution >= 4 is 23.2 Å². The first-order chi connectivity index (χ1) is 9.81. The molecule has 2 aliphatic rings. The van der Waals surface area contributed by atoms with Crippen LogP contribution in [0.25, 0.3) is 0 Å². The van der Waals surface area contributed by atoms with Gasteiger partial charge >= 0.3 is 0 Å². The van der Waals surface area contributed by atoms with Gasteiger partial charge in [-0.05, 0) is 54.9 Å². The molecular formula is C17H24ClN3. The normalized spacial score (nSPS) is 31.5. The highest BCUT2D eigenvalue weighted by molar-refractivity contribution is 6.30. The average Bonchev–Trinajstić information content (AvgIpc) is 2.65. The summed E-state index contributed by atoms with van der Waals surface area (Å²) in [5.74, 6) is 1.33. The van der Waals surface area contributed by atoms with Crippen LogP contribution in [0.2, 0.25) is 5.02 Å². The van der Waals surface area contributed by atoms with Gasteiger partial charge in [-0.25, -0.2) is 0 Å². The monoisotopic (exact) mass is 305 g/mol. The maximum absolute atomic E-state index is 6.23. The van der Waals surface area contributed by atoms with Crippen LogP contribution in [0, 0.1) is 11.3 Å². The molecule has 2 atom stereocenters. The SMILES string of the molecule is CC1CC(C)(C)CC2(CN=C(N)N2c2ccc(Cl)cc2)C1. The Balaban J connectivity index is 2.00. The number of aliphatic imine (C=N–C) groups is 1. The molecule has 1 aromatic rings. The molecule has 0 amide bonds. The Kier molecular flexibility index (Phi) is 3.44. The molecule has 1 aromatic carbocycles. The number of hydrogen-bond donors (Lipinski definition) is 1. The van der Waals surface area contributed by atoms with Gasteiger partial charge in [0.15, 0.2) is 5.96 Å². The van der Waals surface area contributed by atoms with Crippen LogP contribution in [-0.2, 0) is 0 Å². The Hall–Kier alpha value is -1.22. The van der Waals surface area contributed by atoms with Crippen LogP contribution in [0.3, 0.4) is 0 Å². The van der Waals surface area contributed by atoms with E-state index in [4.69, 9.17) is 17.3 Å². The molecule has 1 aliphatic heterocycles. The third-order valence-corrected chi connectivity index (χ3v) is 5.01. The van der Waals surface area contributed by atoms with Gasteiger partial charge in [-0.3, -0.25) is 4.99 Å². The van der Waals surface area contributed by atoms with E-state index in [0.29, 0.717) is 17.3 Å². The molecule has 0 saturated heterocycles. The van der Waals surface area contributed by atoms with Gasteiger partial charge in [-0.15, -0.1) is 0 Å². The lowest BCUT2D eigenvalue weighted by Gasteiger charge is -2.50. The zero-order valence-electron chi connectivity index (χ0n) is 13.1. The van der Waals surface area contributed by atoms with Gasteiger partial charge in [0.2, 0.25) is 0 Å². The van der Waals surface area contributed by atoms with Crippen molar-refractivity contribution in [3.05, 3.63) is 29.3 Å². The van der Waals surface area contributed by atoms with Crippen LogP contribution in [0.15, 0.2) is 29.3 Å². The number of benzene rings is 1. The molecule has 1 aliphatic carbocycles. The van der Waals surface area contributed by atoms with Crippen LogP contribution < -0.4 is 10.6 Å². The number of hydrogen-bond acceptors (Lipinski definition) is 3. The van der Waals surface area contributed by atoms with Gasteiger partial charge < -0.3 is 10.6 Å². The van der Waals surface area contributed by atoms with Crippen molar-refractivity contribution in [2.24, 2.45) is 22.1 Å². The van der Waals surface area contributed by atoms with Crippen LogP contribution in [0.1, 0.15) is 40.0 Å². The second-order valence-electron chi connectivity index (χ2n) is 7.57. The zero-order valence-corrected chi connectivity index (χ0v) is 13.8. The summed E-state index contributed by atoms with van der Waals surface area (Å²) >= 11 is 6.02. The van der Waals surface area contributed by atoms with Crippen molar-refractivity contribution in [1.82, 2.24) is 0 Å². The Labute approximate surface area is 132 Å². The number of anilines is 1. The van der Waals surface area contributed by atoms with E-state index in [2.05, 4.69) is 30.7 Å². The molecule has 114 valence electrons. The smallest absolute Gasteiger partial charge is 0.196 e. The largest absolute Gasteiger partial charge is 0.369 e. The van der Waals surface area contributed by atoms with Crippen LogP contribution in [0.4, 0.5) is 5.69 Å². The lowest BCUT2D eigenvalue weighted by atomic mass is 9.64. The maximum atomic E-state index is 6.23. The molecule has 1 heterocycles. The van der Waals surface area contributed by atoms with E-state index in [-0.39, 0.29) is 5.54 Å². The third-order valence-electron chi connectivity index (χ3n) is 4.76. The molecule has 1 saturated carbocycles. The fraction of sp³-hybridized carbons (Fsp3) is 0.588. The second kappa shape index (κ2) is 4.91. The van der Waals surface area contributed by atoms with Crippen molar-refractivity contribution in [2.75, 3.05) is 11.4 Å². The highest BCUT2D eigenvalue weighted by atomic mass is 35.5. The van der Waals surface area contributed by atoms with Crippen LogP contribution in [0.5, 0.6) is 0 Å². The zero-order chi connectivity index (χ0) is 15.3. The first-order valence-electron chi connectivity index (χ1n) is 7.67. The fourth-order valence-corrected chi connectivity index (χ4v) is 4.72. The predicted molar refractivity (Wildman–Crippen MR) is 89.9 cm³/mol. The quantitative estimate of drug-likeness (QED) is 0.850. The molecule has 1 fully saturated rings. The van der Waals surface area contributed by atoms with Crippen molar-refractivity contribution in [3.8, 4) is 0 Å². The minimum absolute atomic E-state index is 0.0269. The summed E-state index contributed by atoms with van der Waals surface area (Å²) in [6.45, 7) is 7.87. The molecule has 4 heteroatoms. The first-order valence-corrected chi connectivity index (χ1v) is 8.05. The molecule has 21 heavy (non-hydrogen) atoms. The molecule has 3 nitrogen and oxygen atoms in total. The number of guanidine groups is 1. The molecule has 2 N–H and O–H groups in total. The van der Waals surface area contributed by atoms with E-state index in [1.807, 2.05) is 24.3 Å². The Bertz CT molecular complexity index is 564. The number of halogens is 1. The summed E-state index contributed by atoms with van der Waals surface area (Å²) in [4.78, 5) is 6.83. The molecule has 1 spiro atoms. The van der Waals surface area contributed by atoms with E-state index < -0.39 is 0 Å². The van der Waals surface area contributed by atoms with Crippen molar-refractivity contribution in [2.45, 2.75) is 45.6 Å². The first kappa shape index (κ1) is 14.7. The molecule has 3 rings (SSSR count). The minimum Gasteiger partial charge on any atom is -0.369 e. The van der Waals surface area contributed by atoms with Crippen LogP contribution >= 0.6 is 11.6 Å². The topological polar surface area (TPSA) is 41.6 Å². The Morgan fingerprint density at radius 2 is 1.90 bits per heavy atom. The fourth-order valence-electron chi connectivity index (χ4n) is 4.60. The lowest BCUT2D eigenvalue weighted by molar-refractivity contribution is 0.119. The number of nitrogens with two attached hydrogens (primary N) is 1. The molecule has 0 aromatic heterocycles. The summed E-state index contributed by atoms with van der Waals surface area (Å²) < 4.78 is 0. The molecule has 0 radical (unpaired) electrons. The van der Waals surface area contributed by atoms with Crippen molar-refractivity contribution in [1.29, 1.82) is 0 Å². The van der Waals surface area contributed by atoms with E-state index >= 15 is 0 Å². The number of rotatable bonds is 1. The van der Waals surface area contributed by atoms with Gasteiger partial charge in [0.1, 0.15) is 0 Å². The number of nitrogens with zero attached hydrogens (tertiary/aromatic N) is 2. The Morgan fingerprint density at radius 3 is 2.52 bits per heavy atom. The Morgan fingerprint density at radius 1 is 1.24 bits per heavy atom. The maximum Gasteiger partial charge on any atom is 0.196 e. The summed E-state index contributed by atoms with van der Waals surface area (Å²) in [7, 11) is 0. The third kappa shape index (κ3) is 2.64. The highest BCUT2D eigenvalue weighted by Gasteiger charge is 2.50. The molecular weight excluding hydrogens is 282 g/mol. The predicted octanol–water partition coefficient (Wildman–Crippen LogP) is 4.06. The van der Waals surface area contributed by atoms with Gasteiger partial charge in [0.05, 0.1) is 12.1 Å². The van der Waals surface area contributed by atoms with E-state index in [1.165, 1.54) is 6.42 Å². The van der Waals surface area contributed by atoms with E-state index in [1.54, 1.807) is 0 Å². The second-order valence-corrected chi connectivity index (χ2v) is 8.00. The van der Waals surface area contributed by atoms with Gasteiger partial charge in [-0.1, -0.05) is 32.4 Å². The summed E-state index contributed by atoms with van der Waals surface area (Å²) in [5, 5.41) is 0.750. The summed E-state index contributed by atoms with van der Waals surface area (Å²) in [5.41, 5.74) is 7.68. The summed E-state index contributed by atoms with van der Waals surface area (Å²) in [6.07, 6.45) is 3.53.